The van der Waals surface area contributed by atoms with Crippen LogP contribution in [0.5, 0.6) is 34.5 Å². The number of anilines is 1. The molecule has 1 aliphatic heterocycles. The minimum atomic E-state index is -0.407. The third kappa shape index (κ3) is 8.40. The van der Waals surface area contributed by atoms with Crippen molar-refractivity contribution in [3.8, 4) is 34.5 Å². The van der Waals surface area contributed by atoms with E-state index < -0.39 is 11.8 Å². The molecule has 10 rings (SSSR count). The number of imide groups is 1. The zero-order valence-corrected chi connectivity index (χ0v) is 44.7. The van der Waals surface area contributed by atoms with Crippen LogP contribution in [0.15, 0.2) is 132 Å². The molecule has 1 heterocycles. The quantitative estimate of drug-likeness (QED) is 0.0819. The van der Waals surface area contributed by atoms with Gasteiger partial charge in [0.1, 0.15) is 34.5 Å². The molecule has 0 saturated carbocycles. The Kier molecular flexibility index (Phi) is 11.7. The summed E-state index contributed by atoms with van der Waals surface area (Å²) < 4.78 is 21.9. The minimum absolute atomic E-state index is 0.00325. The Bertz CT molecular complexity index is 3420. The van der Waals surface area contributed by atoms with Crippen molar-refractivity contribution in [3.63, 3.8) is 0 Å². The second kappa shape index (κ2) is 17.3. The summed E-state index contributed by atoms with van der Waals surface area (Å²) in [6, 6.07) is 42.8. The number of carbonyl (C=O) groups is 2. The molecule has 71 heavy (non-hydrogen) atoms. The van der Waals surface area contributed by atoms with Gasteiger partial charge in [-0.2, -0.15) is 0 Å². The highest BCUT2D eigenvalue weighted by Crippen LogP contribution is 2.54. The summed E-state index contributed by atoms with van der Waals surface area (Å²) in [4.78, 5) is 32.9. The SMILES string of the molecule is CC(C)c1cc(Br)cc(C(C)C)c1N1C(=O)c2cc(Oc3ccc(C(C)(C)C)cc3)c3c4cccc5c(Oc6ccc(C(C)(C)C)cc6)ccc(c6c(Oc7ccc(C(C)(C)C)cc7)cc(c2c36)C1=O)c54. The van der Waals surface area contributed by atoms with Gasteiger partial charge >= 0.3 is 0 Å². The Labute approximate surface area is 426 Å². The number of ether oxygens (including phenoxy) is 3. The van der Waals surface area contributed by atoms with Crippen LogP contribution in [0, 0.1) is 0 Å². The fraction of sp³-hybridized carbons (Fsp3) is 0.281. The molecule has 0 aromatic heterocycles. The van der Waals surface area contributed by atoms with E-state index in [-0.39, 0.29) is 28.1 Å². The van der Waals surface area contributed by atoms with Crippen LogP contribution in [0.4, 0.5) is 5.69 Å². The fourth-order valence-corrected chi connectivity index (χ4v) is 10.8. The van der Waals surface area contributed by atoms with Crippen LogP contribution in [-0.2, 0) is 16.2 Å². The van der Waals surface area contributed by atoms with Gasteiger partial charge in [-0.1, -0.05) is 161 Å². The number of halogens is 1. The average molecular weight is 1010 g/mol. The van der Waals surface area contributed by atoms with Crippen LogP contribution in [-0.4, -0.2) is 11.8 Å². The van der Waals surface area contributed by atoms with E-state index in [4.69, 9.17) is 14.2 Å². The molecule has 360 valence electrons. The zero-order valence-electron chi connectivity index (χ0n) is 43.1. The van der Waals surface area contributed by atoms with Crippen molar-refractivity contribution in [2.24, 2.45) is 0 Å². The topological polar surface area (TPSA) is 65.1 Å². The first-order valence-electron chi connectivity index (χ1n) is 24.8. The van der Waals surface area contributed by atoms with Crippen LogP contribution >= 0.6 is 15.9 Å². The molecule has 1 aliphatic rings. The van der Waals surface area contributed by atoms with E-state index >= 15 is 9.59 Å². The molecule has 2 amide bonds. The van der Waals surface area contributed by atoms with E-state index in [0.29, 0.717) is 50.9 Å². The molecule has 7 heteroatoms. The maximum Gasteiger partial charge on any atom is 0.266 e. The maximum absolute atomic E-state index is 15.7. The fourth-order valence-electron chi connectivity index (χ4n) is 10.3. The monoisotopic (exact) mass is 1000 g/mol. The predicted molar refractivity (Wildman–Crippen MR) is 297 cm³/mol. The third-order valence-corrected chi connectivity index (χ3v) is 14.6. The molecule has 0 saturated heterocycles. The number of amides is 2. The van der Waals surface area contributed by atoms with Crippen molar-refractivity contribution < 1.29 is 23.8 Å². The highest BCUT2D eigenvalue weighted by Gasteiger charge is 2.40. The lowest BCUT2D eigenvalue weighted by molar-refractivity contribution is 0.0892. The van der Waals surface area contributed by atoms with Crippen LogP contribution in [0.3, 0.4) is 0 Å². The molecular formula is C64H62BrNO5. The average Bonchev–Trinajstić information content (AvgIpc) is 3.30. The summed E-state index contributed by atoms with van der Waals surface area (Å²) in [5.74, 6) is 2.83. The van der Waals surface area contributed by atoms with Crippen molar-refractivity contribution >= 4 is 76.5 Å². The van der Waals surface area contributed by atoms with Crippen LogP contribution in [0.25, 0.3) is 43.1 Å². The van der Waals surface area contributed by atoms with Gasteiger partial charge in [0.2, 0.25) is 0 Å². The van der Waals surface area contributed by atoms with Gasteiger partial charge in [0, 0.05) is 36.8 Å². The van der Waals surface area contributed by atoms with Gasteiger partial charge in [-0.3, -0.25) is 9.59 Å². The number of hydrogen-bond donors (Lipinski definition) is 0. The van der Waals surface area contributed by atoms with E-state index in [1.54, 1.807) is 0 Å². The Morgan fingerprint density at radius 1 is 0.423 bits per heavy atom. The molecule has 0 unspecified atom stereocenters. The number of benzene rings is 9. The van der Waals surface area contributed by atoms with E-state index in [2.05, 4.69) is 161 Å². The lowest BCUT2D eigenvalue weighted by atomic mass is 9.83. The lowest BCUT2D eigenvalue weighted by Gasteiger charge is -2.34. The summed E-state index contributed by atoms with van der Waals surface area (Å²) in [7, 11) is 0. The summed E-state index contributed by atoms with van der Waals surface area (Å²) in [6.07, 6.45) is 0. The van der Waals surface area contributed by atoms with Gasteiger partial charge in [0.05, 0.1) is 16.8 Å². The van der Waals surface area contributed by atoms with Crippen LogP contribution in [0.2, 0.25) is 0 Å². The Morgan fingerprint density at radius 2 is 0.803 bits per heavy atom. The van der Waals surface area contributed by atoms with E-state index in [9.17, 15) is 0 Å². The molecular weight excluding hydrogens is 943 g/mol. The molecule has 0 fully saturated rings. The Hall–Kier alpha value is -6.70. The number of hydrogen-bond acceptors (Lipinski definition) is 5. The smallest absolute Gasteiger partial charge is 0.266 e. The van der Waals surface area contributed by atoms with Gasteiger partial charge < -0.3 is 14.2 Å². The second-order valence-corrected chi connectivity index (χ2v) is 23.9. The van der Waals surface area contributed by atoms with Gasteiger partial charge in [-0.25, -0.2) is 4.90 Å². The van der Waals surface area contributed by atoms with Crippen molar-refractivity contribution in [2.75, 3.05) is 4.90 Å². The zero-order chi connectivity index (χ0) is 50.6. The second-order valence-electron chi connectivity index (χ2n) is 23.0. The van der Waals surface area contributed by atoms with Gasteiger partial charge in [-0.05, 0) is 139 Å². The number of fused-ring (bicyclic) bond motifs is 2. The molecule has 0 spiro atoms. The first-order chi connectivity index (χ1) is 33.5. The minimum Gasteiger partial charge on any atom is -0.457 e. The summed E-state index contributed by atoms with van der Waals surface area (Å²) in [6.45, 7) is 28.1. The Balaban J connectivity index is 1.31. The van der Waals surface area contributed by atoms with E-state index in [1.165, 1.54) is 21.6 Å². The molecule has 0 atom stereocenters. The number of nitrogens with zero attached hydrogens (tertiary/aromatic N) is 1. The molecule has 6 nitrogen and oxygen atoms in total. The van der Waals surface area contributed by atoms with Gasteiger partial charge in [-0.15, -0.1) is 0 Å². The van der Waals surface area contributed by atoms with Crippen LogP contribution < -0.4 is 19.1 Å². The summed E-state index contributed by atoms with van der Waals surface area (Å²) in [5, 5.41) is 6.45. The van der Waals surface area contributed by atoms with Gasteiger partial charge in [0.25, 0.3) is 11.8 Å². The van der Waals surface area contributed by atoms with E-state index in [1.807, 2.05) is 72.8 Å². The van der Waals surface area contributed by atoms with Crippen molar-refractivity contribution in [3.05, 3.63) is 171 Å². The molecule has 0 aliphatic carbocycles. The highest BCUT2D eigenvalue weighted by atomic mass is 79.9. The first kappa shape index (κ1) is 48.0. The highest BCUT2D eigenvalue weighted by molar-refractivity contribution is 9.10. The largest absolute Gasteiger partial charge is 0.457 e. The lowest BCUT2D eigenvalue weighted by Crippen LogP contribution is -2.42. The number of rotatable bonds is 9. The molecule has 0 N–H and O–H groups in total. The molecule has 9 aromatic rings. The first-order valence-corrected chi connectivity index (χ1v) is 25.6. The van der Waals surface area contributed by atoms with Gasteiger partial charge in [0.15, 0.2) is 0 Å². The summed E-state index contributed by atoms with van der Waals surface area (Å²) >= 11 is 3.76. The molecule has 0 radical (unpaired) electrons. The van der Waals surface area contributed by atoms with Crippen LogP contribution in [0.1, 0.15) is 150 Å². The predicted octanol–water partition coefficient (Wildman–Crippen LogP) is 18.8. The molecule has 9 aromatic carbocycles. The maximum atomic E-state index is 15.7. The van der Waals surface area contributed by atoms with Crippen molar-refractivity contribution in [1.82, 2.24) is 0 Å². The van der Waals surface area contributed by atoms with Crippen molar-refractivity contribution in [2.45, 2.75) is 118 Å². The Morgan fingerprint density at radius 3 is 1.20 bits per heavy atom. The third-order valence-electron chi connectivity index (χ3n) is 14.2. The number of carbonyl (C=O) groups excluding carboxylic acids is 2. The van der Waals surface area contributed by atoms with Crippen molar-refractivity contribution in [1.29, 1.82) is 0 Å². The standard InChI is InChI=1S/C64H62BrNO5/c1-35(2)47-31-40(65)32-48(36(3)4)59(47)66-60(67)49-33-52(70-42-25-19-38(20-26-42)63(8,9)10)56-45-16-14-15-44-51(69-41-23-17-37(18-24-41)62(5,6)7)30-29-46(54(44)45)57-53(34-50(61(66)68)55(49)58(56)57)71-43-27-21-39(22-28-43)64(11,12)13/h14-36H,1-13H3. The molecule has 0 bridgehead atoms. The summed E-state index contributed by atoms with van der Waals surface area (Å²) in [5.41, 5.74) is 6.58. The normalized spacial score (nSPS) is 13.5. The van der Waals surface area contributed by atoms with E-state index in [0.717, 1.165) is 59.1 Å².